The summed E-state index contributed by atoms with van der Waals surface area (Å²) in [4.78, 5) is 27.8. The van der Waals surface area contributed by atoms with Gasteiger partial charge in [-0.1, -0.05) is 44.0 Å². The van der Waals surface area contributed by atoms with Crippen molar-refractivity contribution < 1.29 is 18.4 Å². The number of nitrogens with one attached hydrogen (secondary N) is 1. The highest BCUT2D eigenvalue weighted by atomic mass is 32.2. The molecule has 1 aliphatic carbocycles. The molecule has 0 radical (unpaired) electrons. The average Bonchev–Trinajstić information content (AvgIpc) is 3.29. The van der Waals surface area contributed by atoms with Gasteiger partial charge >= 0.3 is 0 Å². The first kappa shape index (κ1) is 24.2. The van der Waals surface area contributed by atoms with Crippen LogP contribution in [0.4, 0.5) is 8.78 Å². The van der Waals surface area contributed by atoms with Crippen LogP contribution in [0, 0.1) is 11.6 Å². The topological polar surface area (TPSA) is 49.4 Å². The number of nitrogens with zero attached hydrogens (tertiary/aromatic N) is 1. The van der Waals surface area contributed by atoms with E-state index in [1.54, 1.807) is 29.2 Å². The maximum Gasteiger partial charge on any atom is 0.243 e. The summed E-state index contributed by atoms with van der Waals surface area (Å²) in [6.45, 7) is 2.14. The van der Waals surface area contributed by atoms with E-state index in [9.17, 15) is 18.4 Å². The predicted octanol–water partition coefficient (Wildman–Crippen LogP) is 5.06. The molecule has 3 rings (SSSR count). The first-order valence-electron chi connectivity index (χ1n) is 11.1. The van der Waals surface area contributed by atoms with Crippen LogP contribution in [0.25, 0.3) is 0 Å². The summed E-state index contributed by atoms with van der Waals surface area (Å²) >= 11 is 1.43. The van der Waals surface area contributed by atoms with E-state index in [2.05, 4.69) is 5.32 Å². The van der Waals surface area contributed by atoms with E-state index in [1.165, 1.54) is 36.0 Å². The Morgan fingerprint density at radius 2 is 1.56 bits per heavy atom. The van der Waals surface area contributed by atoms with Crippen LogP contribution in [-0.2, 0) is 21.9 Å². The third-order valence-electron chi connectivity index (χ3n) is 5.76. The lowest BCUT2D eigenvalue weighted by Gasteiger charge is -2.31. The van der Waals surface area contributed by atoms with Crippen LogP contribution in [0.3, 0.4) is 0 Å². The zero-order valence-electron chi connectivity index (χ0n) is 18.4. The van der Waals surface area contributed by atoms with Gasteiger partial charge in [0, 0.05) is 18.3 Å². The van der Waals surface area contributed by atoms with E-state index < -0.39 is 6.04 Å². The number of benzene rings is 2. The Balaban J connectivity index is 1.68. The minimum absolute atomic E-state index is 0.126. The van der Waals surface area contributed by atoms with E-state index in [0.29, 0.717) is 12.2 Å². The maximum atomic E-state index is 13.3. The molecule has 1 fully saturated rings. The standard InChI is InChI=1S/C25H30F2N2O2S/c1-2-23(25(31)28-22-5-3-4-6-22)29(15-18-7-11-20(26)12-8-18)24(30)17-32-16-19-9-13-21(27)14-10-19/h7-14,22-23H,2-6,15-17H2,1H3,(H,28,31). The summed E-state index contributed by atoms with van der Waals surface area (Å²) in [5.74, 6) is -0.132. The Hall–Kier alpha value is -2.41. The number of carbonyl (C=O) groups is 2. The molecule has 1 N–H and O–H groups in total. The molecule has 0 spiro atoms. The van der Waals surface area contributed by atoms with Crippen LogP contribution in [0.1, 0.15) is 50.2 Å². The molecule has 2 aromatic carbocycles. The molecule has 1 atom stereocenters. The van der Waals surface area contributed by atoms with Crippen molar-refractivity contribution in [1.29, 1.82) is 0 Å². The van der Waals surface area contributed by atoms with Crippen LogP contribution < -0.4 is 5.32 Å². The largest absolute Gasteiger partial charge is 0.352 e. The third-order valence-corrected chi connectivity index (χ3v) is 6.75. The molecule has 0 saturated heterocycles. The summed E-state index contributed by atoms with van der Waals surface area (Å²) < 4.78 is 26.4. The Labute approximate surface area is 192 Å². The molecule has 4 nitrogen and oxygen atoms in total. The number of amides is 2. The quantitative estimate of drug-likeness (QED) is 0.539. The Kier molecular flexibility index (Phi) is 9.09. The van der Waals surface area contributed by atoms with Gasteiger partial charge in [0.25, 0.3) is 0 Å². The summed E-state index contributed by atoms with van der Waals surface area (Å²) in [6, 6.07) is 11.8. The van der Waals surface area contributed by atoms with Crippen molar-refractivity contribution in [2.24, 2.45) is 0 Å². The maximum absolute atomic E-state index is 13.3. The first-order chi connectivity index (χ1) is 15.5. The van der Waals surface area contributed by atoms with Gasteiger partial charge < -0.3 is 10.2 Å². The van der Waals surface area contributed by atoms with E-state index in [4.69, 9.17) is 0 Å². The Morgan fingerprint density at radius 3 is 2.12 bits per heavy atom. The van der Waals surface area contributed by atoms with E-state index in [1.807, 2.05) is 6.92 Å². The van der Waals surface area contributed by atoms with Gasteiger partial charge in [-0.25, -0.2) is 8.78 Å². The molecular formula is C25H30F2N2O2S. The molecule has 0 aliphatic heterocycles. The molecule has 0 bridgehead atoms. The SMILES string of the molecule is CCC(C(=O)NC1CCCC1)N(Cc1ccc(F)cc1)C(=O)CSCc1ccc(F)cc1. The second-order valence-electron chi connectivity index (χ2n) is 8.18. The summed E-state index contributed by atoms with van der Waals surface area (Å²) in [5, 5.41) is 3.11. The molecule has 1 aliphatic rings. The minimum atomic E-state index is -0.584. The van der Waals surface area contributed by atoms with Crippen LogP contribution in [0.2, 0.25) is 0 Å². The fraction of sp³-hybridized carbons (Fsp3) is 0.440. The smallest absolute Gasteiger partial charge is 0.243 e. The molecule has 32 heavy (non-hydrogen) atoms. The van der Waals surface area contributed by atoms with Gasteiger partial charge in [0.2, 0.25) is 11.8 Å². The summed E-state index contributed by atoms with van der Waals surface area (Å²) in [6.07, 6.45) is 4.66. The number of thioether (sulfide) groups is 1. The van der Waals surface area contributed by atoms with Gasteiger partial charge in [-0.3, -0.25) is 9.59 Å². The van der Waals surface area contributed by atoms with Gasteiger partial charge in [-0.2, -0.15) is 0 Å². The molecule has 1 saturated carbocycles. The predicted molar refractivity (Wildman–Crippen MR) is 124 cm³/mol. The van der Waals surface area contributed by atoms with Gasteiger partial charge in [0.15, 0.2) is 0 Å². The van der Waals surface area contributed by atoms with Gasteiger partial charge in [-0.05, 0) is 54.7 Å². The van der Waals surface area contributed by atoms with E-state index in [0.717, 1.165) is 36.8 Å². The van der Waals surface area contributed by atoms with Crippen molar-refractivity contribution >= 4 is 23.6 Å². The molecule has 2 amide bonds. The van der Waals surface area contributed by atoms with Crippen molar-refractivity contribution in [2.45, 2.75) is 63.4 Å². The number of halogens is 2. The number of hydrogen-bond acceptors (Lipinski definition) is 3. The second-order valence-corrected chi connectivity index (χ2v) is 9.17. The van der Waals surface area contributed by atoms with Gasteiger partial charge in [0.1, 0.15) is 17.7 Å². The fourth-order valence-corrected chi connectivity index (χ4v) is 4.86. The molecule has 0 aromatic heterocycles. The molecular weight excluding hydrogens is 430 g/mol. The molecule has 0 heterocycles. The molecule has 2 aromatic rings. The average molecular weight is 461 g/mol. The normalized spacial score (nSPS) is 14.8. The minimum Gasteiger partial charge on any atom is -0.352 e. The highest BCUT2D eigenvalue weighted by Crippen LogP contribution is 2.20. The number of rotatable bonds is 10. The third kappa shape index (κ3) is 7.05. The highest BCUT2D eigenvalue weighted by molar-refractivity contribution is 7.99. The Morgan fingerprint density at radius 1 is 1.00 bits per heavy atom. The van der Waals surface area contributed by atoms with Crippen molar-refractivity contribution in [3.8, 4) is 0 Å². The van der Waals surface area contributed by atoms with Crippen LogP contribution in [0.15, 0.2) is 48.5 Å². The van der Waals surface area contributed by atoms with E-state index in [-0.39, 0.29) is 41.8 Å². The van der Waals surface area contributed by atoms with Crippen molar-refractivity contribution in [1.82, 2.24) is 10.2 Å². The molecule has 7 heteroatoms. The first-order valence-corrected chi connectivity index (χ1v) is 12.3. The van der Waals surface area contributed by atoms with Crippen LogP contribution in [0.5, 0.6) is 0 Å². The number of hydrogen-bond donors (Lipinski definition) is 1. The van der Waals surface area contributed by atoms with E-state index >= 15 is 0 Å². The lowest BCUT2D eigenvalue weighted by Crippen LogP contribution is -2.51. The zero-order chi connectivity index (χ0) is 22.9. The molecule has 1 unspecified atom stereocenters. The van der Waals surface area contributed by atoms with Crippen molar-refractivity contribution in [2.75, 3.05) is 5.75 Å². The zero-order valence-corrected chi connectivity index (χ0v) is 19.2. The lowest BCUT2D eigenvalue weighted by atomic mass is 10.1. The summed E-state index contributed by atoms with van der Waals surface area (Å²) in [5.41, 5.74) is 1.70. The Bertz CT molecular complexity index is 884. The lowest BCUT2D eigenvalue weighted by molar-refractivity contribution is -0.139. The highest BCUT2D eigenvalue weighted by Gasteiger charge is 2.30. The van der Waals surface area contributed by atoms with Crippen molar-refractivity contribution in [3.63, 3.8) is 0 Å². The van der Waals surface area contributed by atoms with Crippen molar-refractivity contribution in [3.05, 3.63) is 71.3 Å². The fourth-order valence-electron chi connectivity index (χ4n) is 3.99. The van der Waals surface area contributed by atoms with Gasteiger partial charge in [-0.15, -0.1) is 11.8 Å². The van der Waals surface area contributed by atoms with Gasteiger partial charge in [0.05, 0.1) is 5.75 Å². The second kappa shape index (κ2) is 12.0. The molecule has 172 valence electrons. The summed E-state index contributed by atoms with van der Waals surface area (Å²) in [7, 11) is 0. The van der Waals surface area contributed by atoms with Crippen LogP contribution >= 0.6 is 11.8 Å². The monoisotopic (exact) mass is 460 g/mol. The van der Waals surface area contributed by atoms with Crippen LogP contribution in [-0.4, -0.2) is 34.6 Å². The number of carbonyl (C=O) groups excluding carboxylic acids is 2.